The van der Waals surface area contributed by atoms with Crippen LogP contribution in [0.15, 0.2) is 0 Å². The third kappa shape index (κ3) is 2.74. The lowest BCUT2D eigenvalue weighted by atomic mass is 10.1. The predicted molar refractivity (Wildman–Crippen MR) is 44.7 cm³/mol. The van der Waals surface area contributed by atoms with Gasteiger partial charge in [0.25, 0.3) is 0 Å². The van der Waals surface area contributed by atoms with Crippen molar-refractivity contribution < 1.29 is 34.4 Å². The van der Waals surface area contributed by atoms with E-state index < -0.39 is 44.8 Å². The fourth-order valence-electron chi connectivity index (χ4n) is 1.35. The SMILES string of the molecule is [2H]OP(=O)(O)C[C@H]1O[C@H](CO)[C@@H](O)[C@@H]1O. The highest BCUT2D eigenvalue weighted by molar-refractivity contribution is 7.51. The van der Waals surface area contributed by atoms with Gasteiger partial charge in [0.2, 0.25) is 1.43 Å². The summed E-state index contributed by atoms with van der Waals surface area (Å²) >= 11 is 0. The van der Waals surface area contributed by atoms with Crippen LogP contribution in [-0.2, 0) is 9.30 Å². The summed E-state index contributed by atoms with van der Waals surface area (Å²) in [5.74, 6) is 0. The molecule has 0 aromatic rings. The molecule has 14 heavy (non-hydrogen) atoms. The Kier molecular flexibility index (Phi) is 3.18. The summed E-state index contributed by atoms with van der Waals surface area (Å²) in [6.07, 6.45) is -5.41. The van der Waals surface area contributed by atoms with E-state index in [-0.39, 0.29) is 0 Å². The molecule has 0 saturated carbocycles. The molecule has 1 unspecified atom stereocenters. The summed E-state index contributed by atoms with van der Waals surface area (Å²) in [5, 5.41) is 27.4. The largest absolute Gasteiger partial charge is 0.394 e. The van der Waals surface area contributed by atoms with E-state index in [2.05, 4.69) is 4.90 Å². The average Bonchev–Trinajstić information content (AvgIpc) is 2.45. The Balaban J connectivity index is 2.62. The maximum Gasteiger partial charge on any atom is 0.328 e. The zero-order chi connectivity index (χ0) is 11.6. The van der Waals surface area contributed by atoms with Gasteiger partial charge in [-0.05, 0) is 0 Å². The van der Waals surface area contributed by atoms with E-state index in [1.54, 1.807) is 0 Å². The van der Waals surface area contributed by atoms with Gasteiger partial charge in [-0.2, -0.15) is 0 Å². The molecule has 0 aliphatic carbocycles. The van der Waals surface area contributed by atoms with Crippen LogP contribution in [0.4, 0.5) is 0 Å². The standard InChI is InChI=1S/C6H13O7P/c7-1-3-5(8)6(9)4(13-3)2-14(10,11)12/h3-9H,1-2H2,(H2,10,11,12)/t3-,4-,5-,6-/m1/s1/i/hD. The lowest BCUT2D eigenvalue weighted by Gasteiger charge is -2.14. The Morgan fingerprint density at radius 2 is 1.93 bits per heavy atom. The molecule has 0 radical (unpaired) electrons. The van der Waals surface area contributed by atoms with Crippen molar-refractivity contribution in [3.63, 3.8) is 0 Å². The molecule has 0 spiro atoms. The molecule has 1 fully saturated rings. The highest BCUT2D eigenvalue weighted by Crippen LogP contribution is 2.38. The van der Waals surface area contributed by atoms with Gasteiger partial charge >= 0.3 is 7.60 Å². The summed E-state index contributed by atoms with van der Waals surface area (Å²) in [6.45, 7) is -0.508. The van der Waals surface area contributed by atoms with E-state index in [1.807, 2.05) is 0 Å². The first-order valence-corrected chi connectivity index (χ1v) is 5.76. The van der Waals surface area contributed by atoms with Gasteiger partial charge < -0.3 is 29.8 Å². The van der Waals surface area contributed by atoms with Crippen LogP contribution in [0.1, 0.15) is 0 Å². The van der Waals surface area contributed by atoms with Gasteiger partial charge in [0, 0.05) is 0 Å². The van der Waals surface area contributed by atoms with Gasteiger partial charge in [-0.15, -0.1) is 0 Å². The van der Waals surface area contributed by atoms with Crippen molar-refractivity contribution in [3.8, 4) is 0 Å². The first-order valence-electron chi connectivity index (χ1n) is 4.41. The molecule has 0 bridgehead atoms. The second kappa shape index (κ2) is 4.24. The van der Waals surface area contributed by atoms with E-state index >= 15 is 0 Å². The molecule has 1 saturated heterocycles. The van der Waals surface area contributed by atoms with Crippen molar-refractivity contribution in [2.45, 2.75) is 24.4 Å². The Morgan fingerprint density at radius 1 is 1.36 bits per heavy atom. The highest BCUT2D eigenvalue weighted by Gasteiger charge is 2.44. The fraction of sp³-hybridized carbons (Fsp3) is 1.00. The summed E-state index contributed by atoms with van der Waals surface area (Å²) in [4.78, 5) is 12.5. The normalized spacial score (nSPS) is 43.3. The Bertz CT molecular complexity index is 262. The number of rotatable bonds is 4. The van der Waals surface area contributed by atoms with Gasteiger partial charge in [0.1, 0.15) is 18.3 Å². The van der Waals surface area contributed by atoms with Gasteiger partial charge in [-0.3, -0.25) is 4.57 Å². The topological polar surface area (TPSA) is 127 Å². The lowest BCUT2D eigenvalue weighted by Crippen LogP contribution is -2.34. The predicted octanol–water partition coefficient (Wildman–Crippen LogP) is -2.35. The maximum absolute atomic E-state index is 11.0. The molecular weight excluding hydrogens is 215 g/mol. The van der Waals surface area contributed by atoms with Crippen molar-refractivity contribution in [1.82, 2.24) is 0 Å². The number of ether oxygens (including phenoxy) is 1. The minimum absolute atomic E-state index is 0.508. The summed E-state index contributed by atoms with van der Waals surface area (Å²) < 4.78 is 22.2. The van der Waals surface area contributed by atoms with Gasteiger partial charge in [-0.25, -0.2) is 0 Å². The minimum atomic E-state index is -4.13. The molecule has 1 rings (SSSR count). The van der Waals surface area contributed by atoms with Crippen molar-refractivity contribution in [2.24, 2.45) is 0 Å². The van der Waals surface area contributed by atoms with Gasteiger partial charge in [0.05, 0.1) is 18.9 Å². The molecular formula is C6H13O7P. The fourth-order valence-corrected chi connectivity index (χ4v) is 2.11. The third-order valence-corrected chi connectivity index (χ3v) is 2.87. The first kappa shape index (κ1) is 10.5. The second-order valence-corrected chi connectivity index (χ2v) is 4.84. The van der Waals surface area contributed by atoms with Crippen molar-refractivity contribution in [2.75, 3.05) is 12.8 Å². The van der Waals surface area contributed by atoms with E-state index in [9.17, 15) is 14.8 Å². The van der Waals surface area contributed by atoms with E-state index in [4.69, 9.17) is 16.2 Å². The molecule has 0 aromatic carbocycles. The molecule has 5 atom stereocenters. The minimum Gasteiger partial charge on any atom is -0.394 e. The van der Waals surface area contributed by atoms with Crippen LogP contribution in [0.3, 0.4) is 0 Å². The quantitative estimate of drug-likeness (QED) is 0.341. The average molecular weight is 229 g/mol. The smallest absolute Gasteiger partial charge is 0.328 e. The van der Waals surface area contributed by atoms with Crippen molar-refractivity contribution in [3.05, 3.63) is 0 Å². The van der Waals surface area contributed by atoms with Gasteiger partial charge in [0.15, 0.2) is 0 Å². The molecule has 84 valence electrons. The van der Waals surface area contributed by atoms with E-state index in [0.717, 1.165) is 0 Å². The van der Waals surface area contributed by atoms with Crippen LogP contribution in [0.5, 0.6) is 0 Å². The number of aliphatic hydroxyl groups is 3. The monoisotopic (exact) mass is 229 g/mol. The molecule has 5 N–H and O–H groups in total. The molecule has 8 heteroatoms. The molecule has 1 aliphatic rings. The van der Waals surface area contributed by atoms with Crippen molar-refractivity contribution in [1.29, 1.82) is 1.43 Å². The van der Waals surface area contributed by atoms with Gasteiger partial charge in [-0.1, -0.05) is 0 Å². The van der Waals surface area contributed by atoms with Crippen LogP contribution in [0, 0.1) is 0 Å². The van der Waals surface area contributed by atoms with Crippen molar-refractivity contribution >= 4 is 7.60 Å². The molecule has 0 aromatic heterocycles. The Hall–Kier alpha value is -0.0100. The Labute approximate surface area is 81.6 Å². The Morgan fingerprint density at radius 3 is 2.36 bits per heavy atom. The van der Waals surface area contributed by atoms with Crippen LogP contribution in [0.2, 0.25) is 0 Å². The second-order valence-electron chi connectivity index (χ2n) is 3.20. The van der Waals surface area contributed by atoms with Crippen LogP contribution < -0.4 is 0 Å². The summed E-state index contributed by atoms with van der Waals surface area (Å²) in [6, 6.07) is 0. The maximum atomic E-state index is 11.0. The van der Waals surface area contributed by atoms with Crippen LogP contribution in [-0.4, -0.2) is 63.7 Å². The van der Waals surface area contributed by atoms with Crippen LogP contribution >= 0.6 is 7.60 Å². The van der Waals surface area contributed by atoms with E-state index in [0.29, 0.717) is 0 Å². The number of aliphatic hydroxyl groups excluding tert-OH is 3. The molecule has 0 amide bonds. The molecule has 1 aliphatic heterocycles. The first-order chi connectivity index (χ1) is 6.91. The molecule has 1 heterocycles. The zero-order valence-corrected chi connectivity index (χ0v) is 8.08. The highest BCUT2D eigenvalue weighted by atomic mass is 31.2. The summed E-state index contributed by atoms with van der Waals surface area (Å²) in [5.41, 5.74) is 0. The zero-order valence-electron chi connectivity index (χ0n) is 8.18. The number of hydrogen-bond donors (Lipinski definition) is 5. The third-order valence-electron chi connectivity index (χ3n) is 2.05. The lowest BCUT2D eigenvalue weighted by molar-refractivity contribution is -0.0172. The molecule has 7 nitrogen and oxygen atoms in total. The number of hydrogen-bond acceptors (Lipinski definition) is 6. The van der Waals surface area contributed by atoms with E-state index in [1.165, 1.54) is 0 Å². The summed E-state index contributed by atoms with van der Waals surface area (Å²) in [7, 11) is -4.13. The van der Waals surface area contributed by atoms with Crippen LogP contribution in [0.25, 0.3) is 0 Å².